The average Bonchev–Trinajstić information content (AvgIpc) is 3.00. The van der Waals surface area contributed by atoms with Crippen molar-refractivity contribution in [2.24, 2.45) is 0 Å². The van der Waals surface area contributed by atoms with E-state index in [-0.39, 0.29) is 23.0 Å². The topological polar surface area (TPSA) is 105 Å². The molecule has 3 aromatic carbocycles. The molecule has 2 amide bonds. The van der Waals surface area contributed by atoms with Gasteiger partial charge in [-0.1, -0.05) is 56.7 Å². The molecule has 0 aliphatic rings. The van der Waals surface area contributed by atoms with Gasteiger partial charge in [0.2, 0.25) is 11.8 Å². The molecule has 220 valence electrons. The van der Waals surface area contributed by atoms with E-state index in [1.807, 2.05) is 26.0 Å². The molecule has 3 aromatic rings. The summed E-state index contributed by atoms with van der Waals surface area (Å²) in [7, 11) is -1.11. The second kappa shape index (κ2) is 15.1. The Kier molecular flexibility index (Phi) is 11.6. The van der Waals surface area contributed by atoms with Gasteiger partial charge in [0.1, 0.15) is 24.1 Å². The average molecular weight is 582 g/mol. The number of carbonyl (C=O) groups is 2. The van der Waals surface area contributed by atoms with Gasteiger partial charge < -0.3 is 19.7 Å². The SMILES string of the molecule is CCCCNC(=O)C(CC)N(Cc1cccc(OC)c1)C(=O)CN(c1cccc(OC)c1)S(=O)(=O)c1ccccc1. The molecule has 0 saturated heterocycles. The van der Waals surface area contributed by atoms with Gasteiger partial charge in [-0.2, -0.15) is 0 Å². The van der Waals surface area contributed by atoms with E-state index < -0.39 is 28.5 Å². The van der Waals surface area contributed by atoms with Crippen molar-refractivity contribution in [3.05, 3.63) is 84.4 Å². The van der Waals surface area contributed by atoms with Crippen LogP contribution >= 0.6 is 0 Å². The van der Waals surface area contributed by atoms with E-state index in [4.69, 9.17) is 9.47 Å². The van der Waals surface area contributed by atoms with Gasteiger partial charge in [0.15, 0.2) is 0 Å². The van der Waals surface area contributed by atoms with Gasteiger partial charge in [0.25, 0.3) is 10.0 Å². The van der Waals surface area contributed by atoms with Crippen LogP contribution in [-0.2, 0) is 26.2 Å². The highest BCUT2D eigenvalue weighted by atomic mass is 32.2. The molecular weight excluding hydrogens is 542 g/mol. The van der Waals surface area contributed by atoms with Crippen LogP contribution in [0.3, 0.4) is 0 Å². The molecule has 3 rings (SSSR count). The molecule has 1 unspecified atom stereocenters. The van der Waals surface area contributed by atoms with Gasteiger partial charge in [0, 0.05) is 19.2 Å². The number of carbonyl (C=O) groups excluding carboxylic acids is 2. The predicted octanol–water partition coefficient (Wildman–Crippen LogP) is 4.62. The highest BCUT2D eigenvalue weighted by Crippen LogP contribution is 2.28. The number of benzene rings is 3. The Balaban J connectivity index is 2.05. The fourth-order valence-electron chi connectivity index (χ4n) is 4.41. The fraction of sp³-hybridized carbons (Fsp3) is 0.355. The quantitative estimate of drug-likeness (QED) is 0.263. The van der Waals surface area contributed by atoms with E-state index in [0.29, 0.717) is 24.5 Å². The number of hydrogen-bond acceptors (Lipinski definition) is 6. The van der Waals surface area contributed by atoms with Gasteiger partial charge in [-0.3, -0.25) is 13.9 Å². The van der Waals surface area contributed by atoms with Crippen molar-refractivity contribution in [1.82, 2.24) is 10.2 Å². The minimum atomic E-state index is -4.15. The Morgan fingerprint density at radius 2 is 1.54 bits per heavy atom. The monoisotopic (exact) mass is 581 g/mol. The zero-order valence-corrected chi connectivity index (χ0v) is 24.9. The van der Waals surface area contributed by atoms with Crippen LogP contribution in [0.4, 0.5) is 5.69 Å². The van der Waals surface area contributed by atoms with Crippen molar-refractivity contribution in [2.45, 2.75) is 50.6 Å². The standard InChI is InChI=1S/C31H39N3O6S/c1-5-7-19-32-31(36)29(6-2)33(22-24-13-11-15-26(20-24)39-3)30(35)23-34(25-14-12-16-27(21-25)40-4)41(37,38)28-17-9-8-10-18-28/h8-18,20-21,29H,5-7,19,22-23H2,1-4H3,(H,32,36). The van der Waals surface area contributed by atoms with Crippen LogP contribution in [0, 0.1) is 0 Å². The van der Waals surface area contributed by atoms with Crippen LogP contribution in [0.2, 0.25) is 0 Å². The van der Waals surface area contributed by atoms with Crippen LogP contribution in [-0.4, -0.2) is 58.5 Å². The summed E-state index contributed by atoms with van der Waals surface area (Å²) in [6.07, 6.45) is 2.07. The lowest BCUT2D eigenvalue weighted by atomic mass is 10.1. The van der Waals surface area contributed by atoms with Crippen LogP contribution in [0.5, 0.6) is 11.5 Å². The zero-order valence-electron chi connectivity index (χ0n) is 24.1. The second-order valence-corrected chi connectivity index (χ2v) is 11.3. The molecule has 1 atom stereocenters. The highest BCUT2D eigenvalue weighted by Gasteiger charge is 2.33. The van der Waals surface area contributed by atoms with E-state index in [0.717, 1.165) is 22.7 Å². The van der Waals surface area contributed by atoms with Crippen LogP contribution in [0.1, 0.15) is 38.7 Å². The number of rotatable bonds is 15. The Hall–Kier alpha value is -4.05. The first-order valence-electron chi connectivity index (χ1n) is 13.7. The van der Waals surface area contributed by atoms with E-state index in [1.165, 1.54) is 24.1 Å². The number of sulfonamides is 1. The molecule has 0 fully saturated rings. The Morgan fingerprint density at radius 1 is 0.878 bits per heavy atom. The maximum absolute atomic E-state index is 14.1. The summed E-state index contributed by atoms with van der Waals surface area (Å²) in [5, 5.41) is 2.93. The minimum Gasteiger partial charge on any atom is -0.497 e. The first kappa shape index (κ1) is 31.5. The third kappa shape index (κ3) is 8.23. The number of hydrogen-bond donors (Lipinski definition) is 1. The smallest absolute Gasteiger partial charge is 0.264 e. The van der Waals surface area contributed by atoms with Crippen LogP contribution in [0.25, 0.3) is 0 Å². The van der Waals surface area contributed by atoms with Gasteiger partial charge >= 0.3 is 0 Å². The highest BCUT2D eigenvalue weighted by molar-refractivity contribution is 7.92. The zero-order chi connectivity index (χ0) is 29.8. The van der Waals surface area contributed by atoms with Gasteiger partial charge in [0.05, 0.1) is 24.8 Å². The number of anilines is 1. The third-order valence-corrected chi connectivity index (χ3v) is 8.44. The molecular formula is C31H39N3O6S. The number of ether oxygens (including phenoxy) is 2. The lowest BCUT2D eigenvalue weighted by molar-refractivity contribution is -0.140. The Morgan fingerprint density at radius 3 is 2.17 bits per heavy atom. The number of methoxy groups -OCH3 is 2. The maximum Gasteiger partial charge on any atom is 0.264 e. The summed E-state index contributed by atoms with van der Waals surface area (Å²) >= 11 is 0. The number of amides is 2. The third-order valence-electron chi connectivity index (χ3n) is 6.65. The molecule has 0 heterocycles. The second-order valence-electron chi connectivity index (χ2n) is 9.47. The molecule has 0 radical (unpaired) electrons. The van der Waals surface area contributed by atoms with Crippen molar-refractivity contribution in [2.75, 3.05) is 31.6 Å². The molecule has 0 bridgehead atoms. The lowest BCUT2D eigenvalue weighted by Crippen LogP contribution is -2.52. The molecule has 0 aliphatic heterocycles. The molecule has 0 saturated carbocycles. The van der Waals surface area contributed by atoms with E-state index in [1.54, 1.807) is 61.7 Å². The van der Waals surface area contributed by atoms with Crippen LogP contribution < -0.4 is 19.1 Å². The number of nitrogens with one attached hydrogen (secondary N) is 1. The lowest BCUT2D eigenvalue weighted by Gasteiger charge is -2.33. The summed E-state index contributed by atoms with van der Waals surface area (Å²) in [6, 6.07) is 20.9. The molecule has 10 heteroatoms. The minimum absolute atomic E-state index is 0.0410. The summed E-state index contributed by atoms with van der Waals surface area (Å²) in [4.78, 5) is 28.9. The fourth-order valence-corrected chi connectivity index (χ4v) is 5.83. The number of unbranched alkanes of at least 4 members (excludes halogenated alkanes) is 1. The Bertz CT molecular complexity index is 1400. The normalized spacial score (nSPS) is 11.8. The Labute approximate surface area is 243 Å². The van der Waals surface area contributed by atoms with Crippen molar-refractivity contribution < 1.29 is 27.5 Å². The largest absolute Gasteiger partial charge is 0.497 e. The molecule has 41 heavy (non-hydrogen) atoms. The molecule has 0 spiro atoms. The first-order chi connectivity index (χ1) is 19.7. The number of nitrogens with zero attached hydrogens (tertiary/aromatic N) is 2. The van der Waals surface area contributed by atoms with E-state index in [9.17, 15) is 18.0 Å². The van der Waals surface area contributed by atoms with E-state index >= 15 is 0 Å². The molecule has 0 aliphatic carbocycles. The maximum atomic E-state index is 14.1. The van der Waals surface area contributed by atoms with Crippen molar-refractivity contribution >= 4 is 27.5 Å². The first-order valence-corrected chi connectivity index (χ1v) is 15.1. The summed E-state index contributed by atoms with van der Waals surface area (Å²) in [5.41, 5.74) is 1.01. The predicted molar refractivity (Wildman–Crippen MR) is 160 cm³/mol. The van der Waals surface area contributed by atoms with Gasteiger partial charge in [-0.25, -0.2) is 8.42 Å². The summed E-state index contributed by atoms with van der Waals surface area (Å²) < 4.78 is 39.5. The van der Waals surface area contributed by atoms with Crippen LogP contribution in [0.15, 0.2) is 83.8 Å². The van der Waals surface area contributed by atoms with Gasteiger partial charge in [-0.15, -0.1) is 0 Å². The molecule has 9 nitrogen and oxygen atoms in total. The van der Waals surface area contributed by atoms with Gasteiger partial charge in [-0.05, 0) is 54.8 Å². The molecule has 1 N–H and O–H groups in total. The molecule has 0 aromatic heterocycles. The summed E-state index contributed by atoms with van der Waals surface area (Å²) in [6.45, 7) is 3.92. The van der Waals surface area contributed by atoms with E-state index in [2.05, 4.69) is 5.32 Å². The van der Waals surface area contributed by atoms with Crippen molar-refractivity contribution in [3.8, 4) is 11.5 Å². The van der Waals surface area contributed by atoms with Crippen molar-refractivity contribution in [3.63, 3.8) is 0 Å². The van der Waals surface area contributed by atoms with Crippen molar-refractivity contribution in [1.29, 1.82) is 0 Å². The summed E-state index contributed by atoms with van der Waals surface area (Å²) in [5.74, 6) is 0.252.